The zero-order valence-electron chi connectivity index (χ0n) is 49.0. The van der Waals surface area contributed by atoms with E-state index in [4.69, 9.17) is 14.2 Å². The van der Waals surface area contributed by atoms with E-state index in [0.717, 1.165) is 122 Å². The first-order valence-corrected chi connectivity index (χ1v) is 31.4. The minimum Gasteiger partial charge on any atom is -0.462 e. The molecule has 75 heavy (non-hydrogen) atoms. The summed E-state index contributed by atoms with van der Waals surface area (Å²) in [6.07, 6.45) is 85.1. The van der Waals surface area contributed by atoms with Crippen LogP contribution in [0.3, 0.4) is 0 Å². The van der Waals surface area contributed by atoms with Crippen LogP contribution < -0.4 is 0 Å². The lowest BCUT2D eigenvalue weighted by atomic mass is 10.0. The zero-order valence-corrected chi connectivity index (χ0v) is 49.0. The third kappa shape index (κ3) is 60.8. The molecule has 0 aromatic rings. The lowest BCUT2D eigenvalue weighted by Crippen LogP contribution is -2.30. The Morgan fingerprint density at radius 1 is 0.280 bits per heavy atom. The van der Waals surface area contributed by atoms with Crippen LogP contribution in [-0.2, 0) is 28.6 Å². The van der Waals surface area contributed by atoms with Crippen LogP contribution in [0.2, 0.25) is 0 Å². The Kier molecular flexibility index (Phi) is 59.3. The van der Waals surface area contributed by atoms with E-state index in [-0.39, 0.29) is 31.1 Å². The molecule has 0 rings (SSSR count). The summed E-state index contributed by atoms with van der Waals surface area (Å²) in [5.41, 5.74) is 0. The first-order valence-electron chi connectivity index (χ1n) is 31.4. The molecule has 0 spiro atoms. The van der Waals surface area contributed by atoms with E-state index >= 15 is 0 Å². The maximum absolute atomic E-state index is 12.9. The molecular formula is C69H116O6. The third-order valence-electron chi connectivity index (χ3n) is 13.2. The van der Waals surface area contributed by atoms with Gasteiger partial charge in [0, 0.05) is 19.3 Å². The number of hydrogen-bond acceptors (Lipinski definition) is 6. The van der Waals surface area contributed by atoms with E-state index in [2.05, 4.69) is 130 Å². The number of rotatable bonds is 56. The zero-order chi connectivity index (χ0) is 54.3. The number of ether oxygens (including phenoxy) is 3. The van der Waals surface area contributed by atoms with Crippen LogP contribution >= 0.6 is 0 Å². The summed E-state index contributed by atoms with van der Waals surface area (Å²) >= 11 is 0. The van der Waals surface area contributed by atoms with Crippen molar-refractivity contribution in [1.29, 1.82) is 0 Å². The van der Waals surface area contributed by atoms with Gasteiger partial charge in [-0.15, -0.1) is 0 Å². The second-order valence-electron chi connectivity index (χ2n) is 20.6. The molecule has 0 saturated carbocycles. The van der Waals surface area contributed by atoms with E-state index in [1.165, 1.54) is 128 Å². The lowest BCUT2D eigenvalue weighted by molar-refractivity contribution is -0.167. The molecule has 0 N–H and O–H groups in total. The summed E-state index contributed by atoms with van der Waals surface area (Å²) in [4.78, 5) is 38.3. The third-order valence-corrected chi connectivity index (χ3v) is 13.2. The summed E-state index contributed by atoms with van der Waals surface area (Å²) in [5.74, 6) is -0.949. The predicted molar refractivity (Wildman–Crippen MR) is 325 cm³/mol. The fraction of sp³-hybridized carbons (Fsp3) is 0.696. The average Bonchev–Trinajstić information content (AvgIpc) is 3.41. The molecule has 0 aliphatic heterocycles. The second-order valence-corrected chi connectivity index (χ2v) is 20.6. The van der Waals surface area contributed by atoms with Crippen molar-refractivity contribution in [2.45, 2.75) is 297 Å². The van der Waals surface area contributed by atoms with E-state index in [0.29, 0.717) is 19.3 Å². The number of allylic oxidation sites excluding steroid dienone is 18. The number of carbonyl (C=O) groups excluding carboxylic acids is 3. The van der Waals surface area contributed by atoms with Crippen molar-refractivity contribution in [2.75, 3.05) is 13.2 Å². The summed E-state index contributed by atoms with van der Waals surface area (Å²) in [6, 6.07) is 0. The quantitative estimate of drug-likeness (QED) is 0.0261. The minimum atomic E-state index is -0.807. The van der Waals surface area contributed by atoms with E-state index in [9.17, 15) is 14.4 Å². The van der Waals surface area contributed by atoms with Gasteiger partial charge in [0.1, 0.15) is 13.2 Å². The highest BCUT2D eigenvalue weighted by Crippen LogP contribution is 2.15. The minimum absolute atomic E-state index is 0.0989. The van der Waals surface area contributed by atoms with Crippen molar-refractivity contribution >= 4 is 17.9 Å². The summed E-state index contributed by atoms with van der Waals surface area (Å²) < 4.78 is 16.9. The number of carbonyl (C=O) groups is 3. The molecular weight excluding hydrogens is 925 g/mol. The van der Waals surface area contributed by atoms with Gasteiger partial charge < -0.3 is 14.2 Å². The molecule has 0 bridgehead atoms. The standard InChI is InChI=1S/C69H116O6/c1-4-7-10-13-16-19-22-25-28-31-33-34-36-39-41-44-47-50-53-56-59-62-68(71)74-65-66(75-69(72)63-60-57-54-51-48-45-42-37-30-27-24-21-18-15-12-9-6-3)64-73-67(70)61-58-55-52-49-46-43-40-38-35-32-29-26-23-20-17-14-11-8-5-2/h8,11,17-18,20-21,25-30,35,38,42-43,45-46,66H,4-7,9-10,12-16,19,22-24,31-34,36-37,39-41,44,47-65H2,1-3H3/b11-8-,20-17-,21-18-,28-25-,29-26-,30-27-,38-35-,45-42-,46-43-/t66-/m1/s1. The Balaban J connectivity index is 4.46. The molecule has 0 unspecified atom stereocenters. The van der Waals surface area contributed by atoms with Crippen LogP contribution in [0.25, 0.3) is 0 Å². The van der Waals surface area contributed by atoms with Crippen molar-refractivity contribution in [1.82, 2.24) is 0 Å². The summed E-state index contributed by atoms with van der Waals surface area (Å²) in [5, 5.41) is 0. The van der Waals surface area contributed by atoms with Gasteiger partial charge in [0.15, 0.2) is 6.10 Å². The highest BCUT2D eigenvalue weighted by Gasteiger charge is 2.19. The Morgan fingerprint density at radius 3 is 0.867 bits per heavy atom. The number of esters is 3. The Labute approximate surface area is 463 Å². The van der Waals surface area contributed by atoms with Gasteiger partial charge in [0.2, 0.25) is 0 Å². The molecule has 0 aromatic heterocycles. The number of unbranched alkanes of at least 4 members (excludes halogenated alkanes) is 27. The first-order chi connectivity index (χ1) is 37.0. The topological polar surface area (TPSA) is 78.9 Å². The van der Waals surface area contributed by atoms with Crippen LogP contribution in [0.15, 0.2) is 109 Å². The van der Waals surface area contributed by atoms with Crippen LogP contribution in [-0.4, -0.2) is 37.2 Å². The van der Waals surface area contributed by atoms with Gasteiger partial charge in [0.25, 0.3) is 0 Å². The summed E-state index contributed by atoms with van der Waals surface area (Å²) in [7, 11) is 0. The highest BCUT2D eigenvalue weighted by molar-refractivity contribution is 5.71. The van der Waals surface area contributed by atoms with E-state index in [1.54, 1.807) is 0 Å². The largest absolute Gasteiger partial charge is 0.462 e. The molecule has 428 valence electrons. The van der Waals surface area contributed by atoms with Crippen LogP contribution in [0.4, 0.5) is 0 Å². The van der Waals surface area contributed by atoms with Crippen molar-refractivity contribution in [3.63, 3.8) is 0 Å². The Morgan fingerprint density at radius 2 is 0.520 bits per heavy atom. The molecule has 0 aliphatic rings. The molecule has 0 radical (unpaired) electrons. The molecule has 0 heterocycles. The normalized spacial score (nSPS) is 12.8. The fourth-order valence-electron chi connectivity index (χ4n) is 8.53. The molecule has 1 atom stereocenters. The monoisotopic (exact) mass is 1040 g/mol. The van der Waals surface area contributed by atoms with Crippen molar-refractivity contribution in [2.24, 2.45) is 0 Å². The second kappa shape index (κ2) is 62.6. The molecule has 0 fully saturated rings. The molecule has 6 nitrogen and oxygen atoms in total. The van der Waals surface area contributed by atoms with Crippen LogP contribution in [0, 0.1) is 0 Å². The van der Waals surface area contributed by atoms with Gasteiger partial charge in [-0.05, 0) is 128 Å². The smallest absolute Gasteiger partial charge is 0.306 e. The van der Waals surface area contributed by atoms with Gasteiger partial charge in [-0.1, -0.05) is 252 Å². The van der Waals surface area contributed by atoms with Crippen molar-refractivity contribution in [3.05, 3.63) is 109 Å². The first kappa shape index (κ1) is 71.1. The van der Waals surface area contributed by atoms with Gasteiger partial charge in [-0.25, -0.2) is 0 Å². The molecule has 0 saturated heterocycles. The van der Waals surface area contributed by atoms with Crippen LogP contribution in [0.5, 0.6) is 0 Å². The van der Waals surface area contributed by atoms with Gasteiger partial charge in [-0.3, -0.25) is 14.4 Å². The molecule has 6 heteroatoms. The van der Waals surface area contributed by atoms with Gasteiger partial charge in [0.05, 0.1) is 0 Å². The van der Waals surface area contributed by atoms with Gasteiger partial charge in [-0.2, -0.15) is 0 Å². The Hall–Kier alpha value is -3.93. The maximum Gasteiger partial charge on any atom is 0.306 e. The highest BCUT2D eigenvalue weighted by atomic mass is 16.6. The molecule has 0 aliphatic carbocycles. The van der Waals surface area contributed by atoms with Crippen LogP contribution in [0.1, 0.15) is 290 Å². The average molecular weight is 1040 g/mol. The van der Waals surface area contributed by atoms with Crippen molar-refractivity contribution in [3.8, 4) is 0 Å². The Bertz CT molecular complexity index is 1520. The molecule has 0 aromatic carbocycles. The SMILES string of the molecule is CC/C=C\C/C=C\C/C=C\C/C=C\C/C=C\CCCCCC(=O)OC[C@H](COC(=O)CCCCCCCCCCCCC/C=C\CCCCCCCC)OC(=O)CCCCCC/C=C\C/C=C\C/C=C\CCCCC. The van der Waals surface area contributed by atoms with E-state index in [1.807, 2.05) is 0 Å². The molecule has 0 amide bonds. The van der Waals surface area contributed by atoms with Crippen molar-refractivity contribution < 1.29 is 28.6 Å². The predicted octanol–water partition coefficient (Wildman–Crippen LogP) is 21.4. The van der Waals surface area contributed by atoms with E-state index < -0.39 is 6.10 Å². The fourth-order valence-corrected chi connectivity index (χ4v) is 8.53. The summed E-state index contributed by atoms with van der Waals surface area (Å²) in [6.45, 7) is 6.47. The number of hydrogen-bond donors (Lipinski definition) is 0. The maximum atomic E-state index is 12.9. The van der Waals surface area contributed by atoms with Gasteiger partial charge >= 0.3 is 17.9 Å². The lowest BCUT2D eigenvalue weighted by Gasteiger charge is -2.18.